The van der Waals surface area contributed by atoms with Crippen LogP contribution in [0.15, 0.2) is 77.7 Å². The second kappa shape index (κ2) is 13.1. The Morgan fingerprint density at radius 1 is 0.974 bits per heavy atom. The average molecular weight is 581 g/mol. The van der Waals surface area contributed by atoms with Crippen LogP contribution in [0.3, 0.4) is 0 Å². The van der Waals surface area contributed by atoms with Crippen molar-refractivity contribution >= 4 is 50.7 Å². The molecule has 0 fully saturated rings. The van der Waals surface area contributed by atoms with Crippen LogP contribution in [0.2, 0.25) is 10.0 Å². The highest BCUT2D eigenvalue weighted by Crippen LogP contribution is 2.30. The lowest BCUT2D eigenvalue weighted by atomic mass is 10.1. The molecule has 0 aromatic heterocycles. The van der Waals surface area contributed by atoms with E-state index in [0.717, 1.165) is 4.31 Å². The summed E-state index contributed by atoms with van der Waals surface area (Å²) in [6.45, 7) is 3.18. The van der Waals surface area contributed by atoms with E-state index in [2.05, 4.69) is 5.32 Å². The topological polar surface area (TPSA) is 86.8 Å². The van der Waals surface area contributed by atoms with Gasteiger partial charge in [0, 0.05) is 23.1 Å². The number of hydrogen-bond donors (Lipinski definition) is 1. The van der Waals surface area contributed by atoms with E-state index in [1.807, 2.05) is 6.92 Å². The monoisotopic (exact) mass is 579 g/mol. The van der Waals surface area contributed by atoms with E-state index in [1.165, 1.54) is 59.5 Å². The molecule has 3 aromatic carbocycles. The molecule has 38 heavy (non-hydrogen) atoms. The molecule has 0 aliphatic rings. The maximum Gasteiger partial charge on any atom is 0.264 e. The number of carbonyl (C=O) groups excluding carboxylic acids is 2. The summed E-state index contributed by atoms with van der Waals surface area (Å²) in [7, 11) is -4.24. The number of nitrogens with one attached hydrogen (secondary N) is 1. The third kappa shape index (κ3) is 7.46. The average Bonchev–Trinajstić information content (AvgIpc) is 2.89. The van der Waals surface area contributed by atoms with Gasteiger partial charge in [0.25, 0.3) is 10.0 Å². The molecule has 0 aliphatic carbocycles. The second-order valence-electron chi connectivity index (χ2n) is 8.57. The number of amides is 2. The normalized spacial score (nSPS) is 12.0. The van der Waals surface area contributed by atoms with Crippen LogP contribution in [0.4, 0.5) is 10.1 Å². The molecular weight excluding hydrogens is 552 g/mol. The molecule has 202 valence electrons. The summed E-state index contributed by atoms with van der Waals surface area (Å²) in [5.74, 6) is -1.49. The predicted molar refractivity (Wildman–Crippen MR) is 147 cm³/mol. The van der Waals surface area contributed by atoms with Crippen molar-refractivity contribution < 1.29 is 22.4 Å². The van der Waals surface area contributed by atoms with Crippen LogP contribution in [-0.4, -0.2) is 44.3 Å². The highest BCUT2D eigenvalue weighted by molar-refractivity contribution is 7.92. The molecule has 1 N–H and O–H groups in total. The third-order valence-corrected chi connectivity index (χ3v) is 7.95. The van der Waals surface area contributed by atoms with E-state index < -0.39 is 40.2 Å². The Hall–Kier alpha value is -3.14. The van der Waals surface area contributed by atoms with Crippen LogP contribution in [0, 0.1) is 5.82 Å². The number of benzene rings is 3. The third-order valence-electron chi connectivity index (χ3n) is 5.73. The van der Waals surface area contributed by atoms with Gasteiger partial charge in [0.1, 0.15) is 18.4 Å². The quantitative estimate of drug-likeness (QED) is 0.335. The zero-order chi connectivity index (χ0) is 27.9. The number of rotatable bonds is 11. The van der Waals surface area contributed by atoms with Gasteiger partial charge in [0.15, 0.2) is 0 Å². The first kappa shape index (κ1) is 29.4. The molecule has 11 heteroatoms. The summed E-state index contributed by atoms with van der Waals surface area (Å²) in [5, 5.41) is 3.13. The Morgan fingerprint density at radius 3 is 2.16 bits per heavy atom. The Labute approximate surface area is 232 Å². The van der Waals surface area contributed by atoms with Gasteiger partial charge in [0.2, 0.25) is 11.8 Å². The first-order chi connectivity index (χ1) is 18.0. The number of anilines is 1. The fourth-order valence-electron chi connectivity index (χ4n) is 3.70. The molecule has 7 nitrogen and oxygen atoms in total. The first-order valence-corrected chi connectivity index (χ1v) is 14.1. The standard InChI is InChI=1S/C27H28Cl2FN3O4S/c1-3-13-31-27(35)19(2)32(17-20-9-11-23(30)12-10-20)26(34)18-33(24-15-21(28)14-22(29)16-24)38(36,37)25-7-5-4-6-8-25/h4-12,14-16,19H,3,13,17-18H2,1-2H3,(H,31,35)/t19-/m0/s1. The SMILES string of the molecule is CCCNC(=O)[C@H](C)N(Cc1ccc(F)cc1)C(=O)CN(c1cc(Cl)cc(Cl)c1)S(=O)(=O)c1ccccc1. The van der Waals surface area contributed by atoms with Crippen molar-refractivity contribution in [2.75, 3.05) is 17.4 Å². The molecule has 3 aromatic rings. The molecule has 0 saturated carbocycles. The molecule has 1 atom stereocenters. The van der Waals surface area contributed by atoms with Gasteiger partial charge in [-0.15, -0.1) is 0 Å². The number of sulfonamides is 1. The van der Waals surface area contributed by atoms with E-state index in [9.17, 15) is 22.4 Å². The number of halogens is 3. The van der Waals surface area contributed by atoms with E-state index in [4.69, 9.17) is 23.2 Å². The lowest BCUT2D eigenvalue weighted by Crippen LogP contribution is -2.51. The van der Waals surface area contributed by atoms with Crippen LogP contribution in [-0.2, 0) is 26.2 Å². The van der Waals surface area contributed by atoms with Crippen molar-refractivity contribution in [1.29, 1.82) is 0 Å². The maximum absolute atomic E-state index is 13.8. The van der Waals surface area contributed by atoms with Crippen molar-refractivity contribution in [2.24, 2.45) is 0 Å². The van der Waals surface area contributed by atoms with Crippen molar-refractivity contribution in [3.8, 4) is 0 Å². The van der Waals surface area contributed by atoms with Crippen LogP contribution in [0.5, 0.6) is 0 Å². The van der Waals surface area contributed by atoms with Crippen molar-refractivity contribution in [1.82, 2.24) is 10.2 Å². The zero-order valence-corrected chi connectivity index (χ0v) is 23.2. The fourth-order valence-corrected chi connectivity index (χ4v) is 5.63. The lowest BCUT2D eigenvalue weighted by Gasteiger charge is -2.32. The molecule has 0 spiro atoms. The van der Waals surface area contributed by atoms with Gasteiger partial charge in [-0.1, -0.05) is 60.5 Å². The molecule has 0 unspecified atom stereocenters. The van der Waals surface area contributed by atoms with E-state index in [-0.39, 0.29) is 27.2 Å². The Bertz CT molecular complexity index is 1350. The van der Waals surface area contributed by atoms with Gasteiger partial charge in [-0.05, 0) is 61.4 Å². The molecule has 2 amide bonds. The Morgan fingerprint density at radius 2 is 1.58 bits per heavy atom. The fraction of sp³-hybridized carbons (Fsp3) is 0.259. The van der Waals surface area contributed by atoms with Crippen LogP contribution >= 0.6 is 23.2 Å². The van der Waals surface area contributed by atoms with Gasteiger partial charge in [0.05, 0.1) is 10.6 Å². The number of nitrogens with zero attached hydrogens (tertiary/aromatic N) is 2. The summed E-state index contributed by atoms with van der Waals surface area (Å²) < 4.78 is 41.8. The van der Waals surface area contributed by atoms with E-state index in [1.54, 1.807) is 25.1 Å². The molecule has 3 rings (SSSR count). The highest BCUT2D eigenvalue weighted by atomic mass is 35.5. The molecule has 0 bridgehead atoms. The summed E-state index contributed by atoms with van der Waals surface area (Å²) in [4.78, 5) is 27.8. The van der Waals surface area contributed by atoms with Crippen LogP contribution in [0.25, 0.3) is 0 Å². The summed E-state index contributed by atoms with van der Waals surface area (Å²) in [6.07, 6.45) is 0.697. The van der Waals surface area contributed by atoms with Crippen molar-refractivity contribution in [3.05, 3.63) is 94.2 Å². The zero-order valence-electron chi connectivity index (χ0n) is 20.9. The lowest BCUT2D eigenvalue weighted by molar-refractivity contribution is -0.139. The summed E-state index contributed by atoms with van der Waals surface area (Å²) in [5.41, 5.74) is 0.655. The molecule has 0 aliphatic heterocycles. The largest absolute Gasteiger partial charge is 0.354 e. The number of carbonyl (C=O) groups is 2. The Kier molecular flexibility index (Phi) is 10.1. The summed E-state index contributed by atoms with van der Waals surface area (Å²) in [6, 6.07) is 16.4. The minimum Gasteiger partial charge on any atom is -0.354 e. The number of hydrogen-bond acceptors (Lipinski definition) is 4. The molecule has 0 radical (unpaired) electrons. The van der Waals surface area contributed by atoms with Gasteiger partial charge < -0.3 is 10.2 Å². The molecule has 0 saturated heterocycles. The van der Waals surface area contributed by atoms with E-state index in [0.29, 0.717) is 18.5 Å². The predicted octanol–water partition coefficient (Wildman–Crippen LogP) is 5.27. The van der Waals surface area contributed by atoms with Gasteiger partial charge in [-0.2, -0.15) is 0 Å². The van der Waals surface area contributed by atoms with Crippen molar-refractivity contribution in [3.63, 3.8) is 0 Å². The highest BCUT2D eigenvalue weighted by Gasteiger charge is 2.32. The van der Waals surface area contributed by atoms with Gasteiger partial charge >= 0.3 is 0 Å². The van der Waals surface area contributed by atoms with E-state index >= 15 is 0 Å². The maximum atomic E-state index is 13.8. The minimum absolute atomic E-state index is 0.0391. The van der Waals surface area contributed by atoms with Crippen LogP contribution in [0.1, 0.15) is 25.8 Å². The minimum atomic E-state index is -4.24. The molecular formula is C27H28Cl2FN3O4S. The first-order valence-electron chi connectivity index (χ1n) is 11.9. The van der Waals surface area contributed by atoms with Gasteiger partial charge in [-0.25, -0.2) is 12.8 Å². The van der Waals surface area contributed by atoms with Crippen molar-refractivity contribution in [2.45, 2.75) is 37.8 Å². The smallest absolute Gasteiger partial charge is 0.264 e. The van der Waals surface area contributed by atoms with Gasteiger partial charge in [-0.3, -0.25) is 13.9 Å². The second-order valence-corrected chi connectivity index (χ2v) is 11.3. The molecule has 0 heterocycles. The van der Waals surface area contributed by atoms with Crippen LogP contribution < -0.4 is 9.62 Å². The summed E-state index contributed by atoms with van der Waals surface area (Å²) >= 11 is 12.3. The Balaban J connectivity index is 2.03.